The molecule has 14 heteroatoms. The van der Waals surface area contributed by atoms with Crippen LogP contribution in [0.2, 0.25) is 0 Å². The molecular weight excluding hydrogens is 672 g/mol. The molecule has 51 heavy (non-hydrogen) atoms. The lowest BCUT2D eigenvalue weighted by molar-refractivity contribution is -0.00921. The van der Waals surface area contributed by atoms with Crippen molar-refractivity contribution < 1.29 is 23.0 Å². The average Bonchev–Trinajstić information content (AvgIpc) is 3.78. The summed E-state index contributed by atoms with van der Waals surface area (Å²) >= 11 is 0. The van der Waals surface area contributed by atoms with Crippen LogP contribution in [-0.2, 0) is 16.6 Å². The number of aromatic hydroxyl groups is 1. The van der Waals surface area contributed by atoms with Crippen LogP contribution in [0.5, 0.6) is 5.75 Å². The van der Waals surface area contributed by atoms with Crippen LogP contribution in [0.25, 0.3) is 33.4 Å². The molecule has 2 N–H and O–H groups in total. The Morgan fingerprint density at radius 2 is 1.76 bits per heavy atom. The number of benzene rings is 2. The van der Waals surface area contributed by atoms with Crippen LogP contribution >= 0.6 is 0 Å². The molecule has 4 aromatic heterocycles. The Kier molecular flexibility index (Phi) is 7.86. The molecule has 0 radical (unpaired) electrons. The fourth-order valence-corrected chi connectivity index (χ4v) is 8.67. The fraction of sp³-hybridized carbons (Fsp3) is 0.243. The van der Waals surface area contributed by atoms with E-state index < -0.39 is 16.3 Å². The summed E-state index contributed by atoms with van der Waals surface area (Å²) in [5, 5.41) is 35.2. The van der Waals surface area contributed by atoms with E-state index >= 15 is 0 Å². The number of nitriles is 1. The summed E-state index contributed by atoms with van der Waals surface area (Å²) in [4.78, 5) is 13.8. The number of hydrogen-bond acceptors (Lipinski definition) is 10. The van der Waals surface area contributed by atoms with Gasteiger partial charge in [0.2, 0.25) is 0 Å². The topological polar surface area (TPSA) is 153 Å². The van der Waals surface area contributed by atoms with Crippen LogP contribution in [0.1, 0.15) is 36.3 Å². The van der Waals surface area contributed by atoms with Crippen molar-refractivity contribution in [1.82, 2.24) is 28.6 Å². The molecule has 3 fully saturated rings. The van der Waals surface area contributed by atoms with E-state index in [-0.39, 0.29) is 45.5 Å². The van der Waals surface area contributed by atoms with Gasteiger partial charge in [0.1, 0.15) is 29.7 Å². The third kappa shape index (κ3) is 5.59. The lowest BCUT2D eigenvalue weighted by Gasteiger charge is -2.56. The standard InChI is InChI=1S/C37H33FN8O4S/c1-22-3-7-31(8-4-22)51(49,50)46-33(27-17-42-45(19-27)23(2)47)13-32-36(26(14-39)16-41-37(32)46)24-5-10-35(40-15-24)43-20-29-12-30(21-43)44(29)18-25-11-28(38)6-9-34(25)48/h3-11,13,15-17,19,23,29-30,47-48H,12,18,20-21H2,1-2H3. The first kappa shape index (κ1) is 32.6. The number of phenolic OH excluding ortho intramolecular Hbond substituents is 1. The molecule has 3 atom stereocenters. The minimum absolute atomic E-state index is 0.0689. The number of aliphatic hydroxyl groups is 1. The van der Waals surface area contributed by atoms with Gasteiger partial charge in [0.15, 0.2) is 5.65 Å². The largest absolute Gasteiger partial charge is 0.508 e. The van der Waals surface area contributed by atoms with E-state index in [1.165, 1.54) is 35.3 Å². The third-order valence-corrected chi connectivity index (χ3v) is 11.6. The molecule has 0 aliphatic carbocycles. The number of halogens is 1. The van der Waals surface area contributed by atoms with Crippen LogP contribution in [0.15, 0.2) is 90.3 Å². The Morgan fingerprint density at radius 1 is 1.00 bits per heavy atom. The molecule has 0 saturated carbocycles. The normalized spacial score (nSPS) is 18.1. The van der Waals surface area contributed by atoms with E-state index in [4.69, 9.17) is 4.98 Å². The summed E-state index contributed by atoms with van der Waals surface area (Å²) in [7, 11) is -4.19. The van der Waals surface area contributed by atoms with E-state index in [0.29, 0.717) is 47.3 Å². The zero-order valence-corrected chi connectivity index (χ0v) is 28.5. The van der Waals surface area contributed by atoms with Crippen LogP contribution in [0.4, 0.5) is 10.2 Å². The number of anilines is 1. The smallest absolute Gasteiger partial charge is 0.269 e. The maximum atomic E-state index is 14.3. The van der Waals surface area contributed by atoms with Crippen LogP contribution in [-0.4, -0.2) is 72.4 Å². The van der Waals surface area contributed by atoms with Gasteiger partial charge in [0.05, 0.1) is 22.3 Å². The predicted molar refractivity (Wildman–Crippen MR) is 188 cm³/mol. The summed E-state index contributed by atoms with van der Waals surface area (Å²) in [5.41, 5.74) is 3.68. The summed E-state index contributed by atoms with van der Waals surface area (Å²) in [5.74, 6) is 0.470. The average molecular weight is 705 g/mol. The van der Waals surface area contributed by atoms with E-state index in [1.54, 1.807) is 49.6 Å². The Balaban J connectivity index is 1.16. The van der Waals surface area contributed by atoms with Crippen molar-refractivity contribution in [2.75, 3.05) is 18.0 Å². The van der Waals surface area contributed by atoms with Gasteiger partial charge in [-0.3, -0.25) is 4.90 Å². The second-order valence-corrected chi connectivity index (χ2v) is 14.9. The molecule has 12 nitrogen and oxygen atoms in total. The molecule has 3 aliphatic heterocycles. The maximum Gasteiger partial charge on any atom is 0.269 e. The number of fused-ring (bicyclic) bond motifs is 3. The Morgan fingerprint density at radius 3 is 2.43 bits per heavy atom. The molecule has 3 aliphatic rings. The third-order valence-electron chi connectivity index (χ3n) is 9.85. The summed E-state index contributed by atoms with van der Waals surface area (Å²) in [6, 6.07) is 18.7. The van der Waals surface area contributed by atoms with Crippen molar-refractivity contribution in [2.24, 2.45) is 0 Å². The van der Waals surface area contributed by atoms with Crippen LogP contribution in [0, 0.1) is 24.1 Å². The molecule has 258 valence electrons. The number of rotatable bonds is 8. The number of aryl methyl sites for hydroxylation is 1. The zero-order valence-electron chi connectivity index (χ0n) is 27.7. The first-order valence-electron chi connectivity index (χ1n) is 16.5. The van der Waals surface area contributed by atoms with Gasteiger partial charge >= 0.3 is 0 Å². The molecule has 6 aromatic rings. The highest BCUT2D eigenvalue weighted by Gasteiger charge is 2.45. The van der Waals surface area contributed by atoms with Gasteiger partial charge in [-0.1, -0.05) is 17.7 Å². The Bertz CT molecular complexity index is 2440. The number of aromatic nitrogens is 5. The van der Waals surface area contributed by atoms with Gasteiger partial charge in [0.25, 0.3) is 10.0 Å². The van der Waals surface area contributed by atoms with Gasteiger partial charge in [0, 0.05) is 77.9 Å². The van der Waals surface area contributed by atoms with Crippen molar-refractivity contribution in [3.8, 4) is 34.2 Å². The van der Waals surface area contributed by atoms with E-state index in [2.05, 4.69) is 26.0 Å². The van der Waals surface area contributed by atoms with Crippen molar-refractivity contribution in [2.45, 2.75) is 50.0 Å². The Labute approximate surface area is 293 Å². The minimum atomic E-state index is -4.19. The highest BCUT2D eigenvalue weighted by molar-refractivity contribution is 7.90. The second kappa shape index (κ2) is 12.3. The summed E-state index contributed by atoms with van der Waals surface area (Å²) in [6.07, 6.45) is 6.17. The van der Waals surface area contributed by atoms with Gasteiger partial charge in [-0.2, -0.15) is 10.4 Å². The van der Waals surface area contributed by atoms with Crippen LogP contribution < -0.4 is 4.90 Å². The molecule has 0 spiro atoms. The molecule has 9 rings (SSSR count). The van der Waals surface area contributed by atoms with Crippen molar-refractivity contribution in [3.63, 3.8) is 0 Å². The maximum absolute atomic E-state index is 14.3. The van der Waals surface area contributed by atoms with Crippen LogP contribution in [0.3, 0.4) is 0 Å². The highest BCUT2D eigenvalue weighted by atomic mass is 32.2. The summed E-state index contributed by atoms with van der Waals surface area (Å²) in [6.45, 7) is 5.32. The molecule has 2 aromatic carbocycles. The van der Waals surface area contributed by atoms with Gasteiger partial charge in [-0.15, -0.1) is 0 Å². The summed E-state index contributed by atoms with van der Waals surface area (Å²) < 4.78 is 44.9. The molecular formula is C37H33FN8O4S. The molecule has 2 bridgehead atoms. The first-order valence-corrected chi connectivity index (χ1v) is 17.9. The van der Waals surface area contributed by atoms with E-state index in [0.717, 1.165) is 21.8 Å². The highest BCUT2D eigenvalue weighted by Crippen LogP contribution is 2.40. The van der Waals surface area contributed by atoms with E-state index in [9.17, 15) is 28.3 Å². The zero-order chi connectivity index (χ0) is 35.6. The van der Waals surface area contributed by atoms with Gasteiger partial charge in [-0.05, 0) is 68.8 Å². The number of phenols is 1. The molecule has 7 heterocycles. The Hall–Kier alpha value is -5.62. The van der Waals surface area contributed by atoms with Crippen molar-refractivity contribution in [3.05, 3.63) is 108 Å². The quantitative estimate of drug-likeness (QED) is 0.216. The first-order chi connectivity index (χ1) is 24.5. The SMILES string of the molecule is Cc1ccc(S(=O)(=O)n2c(-c3cnn(C(C)O)c3)cc3c(-c4ccc(N5CC6CC(C5)N6Cc5cc(F)ccc5O)nc4)c(C#N)cnc32)cc1. The number of aliphatic hydroxyl groups excluding tert-OH is 1. The number of nitrogens with zero attached hydrogens (tertiary/aromatic N) is 8. The molecule has 3 saturated heterocycles. The lowest BCUT2D eigenvalue weighted by atomic mass is 9.86. The monoisotopic (exact) mass is 704 g/mol. The van der Waals surface area contributed by atoms with Crippen molar-refractivity contribution >= 4 is 26.9 Å². The fourth-order valence-electron chi connectivity index (χ4n) is 7.19. The number of pyridine rings is 2. The molecule has 0 amide bonds. The van der Waals surface area contributed by atoms with Crippen molar-refractivity contribution in [1.29, 1.82) is 5.26 Å². The number of hydrogen-bond donors (Lipinski definition) is 2. The minimum Gasteiger partial charge on any atom is -0.508 e. The lowest BCUT2D eigenvalue weighted by Crippen LogP contribution is -2.68. The number of piperidine rings is 1. The predicted octanol–water partition coefficient (Wildman–Crippen LogP) is 5.20. The van der Waals surface area contributed by atoms with E-state index in [1.807, 2.05) is 19.1 Å². The molecule has 3 unspecified atom stereocenters. The number of piperazine rings is 1. The second-order valence-electron chi connectivity index (χ2n) is 13.1. The van der Waals surface area contributed by atoms with Gasteiger partial charge < -0.3 is 15.1 Å². The van der Waals surface area contributed by atoms with Gasteiger partial charge in [-0.25, -0.2) is 31.4 Å².